The summed E-state index contributed by atoms with van der Waals surface area (Å²) in [6, 6.07) is 0. The number of aliphatic hydroxyl groups is 3. The molecule has 1 aliphatic carbocycles. The fraction of sp³-hybridized carbons (Fsp3) is 1.00. The van der Waals surface area contributed by atoms with Crippen molar-refractivity contribution in [1.29, 1.82) is 0 Å². The number of rotatable bonds is 6. The van der Waals surface area contributed by atoms with Crippen LogP contribution in [0.4, 0.5) is 0 Å². The molecule has 0 aromatic heterocycles. The van der Waals surface area contributed by atoms with Gasteiger partial charge in [0.25, 0.3) is 0 Å². The van der Waals surface area contributed by atoms with E-state index in [1.165, 1.54) is 0 Å². The normalized spacial score (nSPS) is 31.9. The predicted octanol–water partition coefficient (Wildman–Crippen LogP) is -5.43. The van der Waals surface area contributed by atoms with Crippen molar-refractivity contribution in [1.82, 2.24) is 0 Å². The van der Waals surface area contributed by atoms with E-state index in [2.05, 4.69) is 13.6 Å². The summed E-state index contributed by atoms with van der Waals surface area (Å²) in [6.45, 7) is 0. The number of hydrogen-bond acceptors (Lipinski definition) is 9. The van der Waals surface area contributed by atoms with E-state index in [4.69, 9.17) is 29.4 Å². The van der Waals surface area contributed by atoms with Gasteiger partial charge in [-0.15, -0.1) is 0 Å². The Morgan fingerprint density at radius 1 is 0.481 bits per heavy atom. The summed E-state index contributed by atoms with van der Waals surface area (Å²) in [5.74, 6) is 0. The first-order valence-corrected chi connectivity index (χ1v) is 10.4. The molecule has 0 aliphatic heterocycles. The second-order valence-corrected chi connectivity index (χ2v) is 8.23. The van der Waals surface area contributed by atoms with Gasteiger partial charge in [0.1, 0.15) is 36.6 Å². The van der Waals surface area contributed by atoms with Crippen LogP contribution in [0.3, 0.4) is 0 Å². The molecule has 0 amide bonds. The van der Waals surface area contributed by atoms with E-state index in [0.717, 1.165) is 0 Å². The standard InChI is InChI=1S/C6H15O15P3.3Na.3H/c7-1-2(8)4(19-22(10,11)12)6(21-24(16,17)18)5(3(1)9)20-23(13,14)15;;;;;;/h1-9H,(H2,10,11,12)(H2,13,14,15)(H2,16,17,18);;;;;;. The van der Waals surface area contributed by atoms with Gasteiger partial charge in [0.05, 0.1) is 0 Å². The number of phosphoric acid groups is 3. The van der Waals surface area contributed by atoms with Crippen molar-refractivity contribution in [3.05, 3.63) is 0 Å². The van der Waals surface area contributed by atoms with Gasteiger partial charge in [0, 0.05) is 0 Å². The Morgan fingerprint density at radius 3 is 0.926 bits per heavy atom. The molecule has 21 heteroatoms. The monoisotopic (exact) mass is 492 g/mol. The van der Waals surface area contributed by atoms with Crippen molar-refractivity contribution in [3.8, 4) is 0 Å². The molecule has 0 bridgehead atoms. The van der Waals surface area contributed by atoms with Crippen LogP contribution in [0.5, 0.6) is 0 Å². The van der Waals surface area contributed by atoms with Crippen LogP contribution in [0.15, 0.2) is 0 Å². The summed E-state index contributed by atoms with van der Waals surface area (Å²) < 4.78 is 45.0. The Labute approximate surface area is 218 Å². The van der Waals surface area contributed by atoms with Crippen molar-refractivity contribution < 1.29 is 71.9 Å². The molecule has 1 saturated carbocycles. The van der Waals surface area contributed by atoms with Gasteiger partial charge in [-0.1, -0.05) is 0 Å². The number of aliphatic hydroxyl groups excluding tert-OH is 3. The SMILES string of the molecule is O=P(O)(O)OC1C(O)C(O)C(O)C(OP(=O)(O)O)C1OP(=O)(O)O.[NaH].[NaH].[NaH]. The van der Waals surface area contributed by atoms with Crippen molar-refractivity contribution >= 4 is 112 Å². The Morgan fingerprint density at radius 2 is 0.704 bits per heavy atom. The van der Waals surface area contributed by atoms with E-state index in [0.29, 0.717) is 0 Å². The van der Waals surface area contributed by atoms with E-state index < -0.39 is 60.1 Å². The number of hydrogen-bond donors (Lipinski definition) is 9. The van der Waals surface area contributed by atoms with Gasteiger partial charge < -0.3 is 44.7 Å². The molecule has 1 aliphatic rings. The van der Waals surface area contributed by atoms with Crippen LogP contribution < -0.4 is 0 Å². The molecule has 15 nitrogen and oxygen atoms in total. The van der Waals surface area contributed by atoms with Gasteiger partial charge in [0.2, 0.25) is 0 Å². The van der Waals surface area contributed by atoms with Gasteiger partial charge in [-0.3, -0.25) is 13.6 Å². The van der Waals surface area contributed by atoms with Gasteiger partial charge in [0.15, 0.2) is 0 Å². The summed E-state index contributed by atoms with van der Waals surface area (Å²) in [7, 11) is -16.3. The zero-order valence-corrected chi connectivity index (χ0v) is 14.0. The molecular weight excluding hydrogens is 474 g/mol. The van der Waals surface area contributed by atoms with Crippen molar-refractivity contribution in [2.24, 2.45) is 0 Å². The maximum atomic E-state index is 11.0. The van der Waals surface area contributed by atoms with E-state index in [-0.39, 0.29) is 88.7 Å². The van der Waals surface area contributed by atoms with Crippen LogP contribution in [0.2, 0.25) is 0 Å². The average molecular weight is 492 g/mol. The zero-order valence-electron chi connectivity index (χ0n) is 11.3. The second-order valence-electron chi connectivity index (χ2n) is 4.65. The molecule has 0 heterocycles. The fourth-order valence-corrected chi connectivity index (χ4v) is 3.69. The van der Waals surface area contributed by atoms with Crippen LogP contribution in [0.1, 0.15) is 0 Å². The predicted molar refractivity (Wildman–Crippen MR) is 90.2 cm³/mol. The maximum absolute atomic E-state index is 11.0. The van der Waals surface area contributed by atoms with Crippen molar-refractivity contribution in [2.45, 2.75) is 36.6 Å². The Bertz CT molecular complexity index is 549. The Balaban J connectivity index is -0.00000192. The topological polar surface area (TPSA) is 261 Å². The molecule has 27 heavy (non-hydrogen) atoms. The fourth-order valence-electron chi connectivity index (χ4n) is 2.01. The van der Waals surface area contributed by atoms with Gasteiger partial charge in [-0.05, 0) is 0 Å². The minimum absolute atomic E-state index is 0. The van der Waals surface area contributed by atoms with E-state index >= 15 is 0 Å². The quantitative estimate of drug-likeness (QED) is 0.124. The summed E-state index contributed by atoms with van der Waals surface area (Å²) in [5.41, 5.74) is 0. The molecule has 0 aromatic carbocycles. The van der Waals surface area contributed by atoms with Crippen LogP contribution in [0, 0.1) is 0 Å². The third kappa shape index (κ3) is 12.1. The first-order valence-electron chi connectivity index (χ1n) is 5.78. The zero-order chi connectivity index (χ0) is 19.1. The van der Waals surface area contributed by atoms with Crippen LogP contribution in [0.25, 0.3) is 0 Å². The molecule has 4 atom stereocenters. The van der Waals surface area contributed by atoms with Crippen LogP contribution in [-0.2, 0) is 27.3 Å². The molecular formula is C6H18Na3O15P3. The molecule has 0 aromatic rings. The molecule has 9 N–H and O–H groups in total. The minimum atomic E-state index is -5.48. The first-order chi connectivity index (χ1) is 10.5. The van der Waals surface area contributed by atoms with Gasteiger partial charge in [-0.2, -0.15) is 0 Å². The van der Waals surface area contributed by atoms with Crippen LogP contribution >= 0.6 is 23.5 Å². The second kappa shape index (κ2) is 13.0. The summed E-state index contributed by atoms with van der Waals surface area (Å²) in [5, 5.41) is 29.0. The summed E-state index contributed by atoms with van der Waals surface area (Å²) >= 11 is 0. The summed E-state index contributed by atoms with van der Waals surface area (Å²) in [6.07, 6.45) is -14.3. The molecule has 1 rings (SSSR count). The molecule has 4 unspecified atom stereocenters. The Hall–Kier alpha value is 3.21. The molecule has 0 spiro atoms. The third-order valence-corrected chi connectivity index (χ3v) is 4.35. The molecule has 1 fully saturated rings. The van der Waals surface area contributed by atoms with Gasteiger partial charge >= 0.3 is 112 Å². The van der Waals surface area contributed by atoms with Crippen LogP contribution in [-0.4, -0.2) is 170 Å². The number of phosphoric ester groups is 3. The molecule has 150 valence electrons. The average Bonchev–Trinajstić information content (AvgIpc) is 2.32. The third-order valence-electron chi connectivity index (χ3n) is 2.80. The first kappa shape index (κ1) is 34.8. The Kier molecular flexibility index (Phi) is 16.8. The van der Waals surface area contributed by atoms with E-state index in [1.54, 1.807) is 0 Å². The molecule has 0 radical (unpaired) electrons. The van der Waals surface area contributed by atoms with E-state index in [1.807, 2.05) is 0 Å². The van der Waals surface area contributed by atoms with Crippen molar-refractivity contribution in [3.63, 3.8) is 0 Å². The van der Waals surface area contributed by atoms with E-state index in [9.17, 15) is 29.0 Å². The van der Waals surface area contributed by atoms with Crippen molar-refractivity contribution in [2.75, 3.05) is 0 Å². The van der Waals surface area contributed by atoms with Gasteiger partial charge in [-0.25, -0.2) is 13.7 Å². The summed E-state index contributed by atoms with van der Waals surface area (Å²) in [4.78, 5) is 52.7. The molecule has 0 saturated heterocycles.